The van der Waals surface area contributed by atoms with E-state index in [1.54, 1.807) is 13.0 Å². The Balaban J connectivity index is 3.36. The van der Waals surface area contributed by atoms with E-state index in [1.165, 1.54) is 0 Å². The van der Waals surface area contributed by atoms with Crippen molar-refractivity contribution in [3.05, 3.63) is 12.7 Å². The first-order chi connectivity index (χ1) is 4.62. The topological polar surface area (TPSA) is 52.5 Å². The third-order valence-electron chi connectivity index (χ3n) is 1.14. The highest BCUT2D eigenvalue weighted by atomic mass is 16.3. The average molecular weight is 145 g/mol. The number of aliphatic hydroxyl groups excluding tert-OH is 1. The molecule has 1 atom stereocenters. The Morgan fingerprint density at radius 3 is 2.70 bits per heavy atom. The van der Waals surface area contributed by atoms with Crippen LogP contribution in [0.2, 0.25) is 0 Å². The van der Waals surface area contributed by atoms with Crippen LogP contribution in [-0.4, -0.2) is 35.5 Å². The van der Waals surface area contributed by atoms with Crippen molar-refractivity contribution in [1.29, 1.82) is 0 Å². The zero-order valence-electron chi connectivity index (χ0n) is 6.30. The van der Waals surface area contributed by atoms with E-state index in [9.17, 15) is 5.11 Å². The van der Waals surface area contributed by atoms with Gasteiger partial charge in [0, 0.05) is 13.1 Å². The van der Waals surface area contributed by atoms with Gasteiger partial charge in [0.2, 0.25) is 0 Å². The molecule has 0 aliphatic rings. The lowest BCUT2D eigenvalue weighted by molar-refractivity contribution is 0.00350. The molecule has 60 valence electrons. The molecular formula is C7H15NO2. The molecule has 0 aromatic heterocycles. The minimum absolute atomic E-state index is 0.225. The third-order valence-corrected chi connectivity index (χ3v) is 1.14. The Labute approximate surface area is 61.4 Å². The van der Waals surface area contributed by atoms with E-state index >= 15 is 0 Å². The predicted molar refractivity (Wildman–Crippen MR) is 40.8 cm³/mol. The van der Waals surface area contributed by atoms with Gasteiger partial charge >= 0.3 is 0 Å². The molecule has 0 saturated carbocycles. The normalized spacial score (nSPS) is 16.3. The van der Waals surface area contributed by atoms with Gasteiger partial charge in [-0.05, 0) is 6.92 Å². The first kappa shape index (κ1) is 9.62. The van der Waals surface area contributed by atoms with E-state index in [-0.39, 0.29) is 6.61 Å². The Kier molecular flexibility index (Phi) is 4.27. The Bertz CT molecular complexity index is 102. The second-order valence-corrected chi connectivity index (χ2v) is 2.57. The van der Waals surface area contributed by atoms with E-state index in [0.29, 0.717) is 13.1 Å². The van der Waals surface area contributed by atoms with Crippen LogP contribution in [0, 0.1) is 0 Å². The van der Waals surface area contributed by atoms with Crippen LogP contribution in [-0.2, 0) is 0 Å². The lowest BCUT2D eigenvalue weighted by Gasteiger charge is -2.19. The van der Waals surface area contributed by atoms with Gasteiger partial charge in [0.25, 0.3) is 0 Å². The van der Waals surface area contributed by atoms with Crippen LogP contribution in [0.1, 0.15) is 6.92 Å². The summed E-state index contributed by atoms with van der Waals surface area (Å²) in [5.41, 5.74) is -1.01. The van der Waals surface area contributed by atoms with Gasteiger partial charge in [-0.15, -0.1) is 6.58 Å². The van der Waals surface area contributed by atoms with Crippen LogP contribution in [0.3, 0.4) is 0 Å². The first-order valence-electron chi connectivity index (χ1n) is 3.27. The summed E-state index contributed by atoms with van der Waals surface area (Å²) in [6.45, 7) is 5.88. The van der Waals surface area contributed by atoms with Gasteiger partial charge in [0.05, 0.1) is 12.2 Å². The summed E-state index contributed by atoms with van der Waals surface area (Å²) in [6, 6.07) is 0. The van der Waals surface area contributed by atoms with Crippen molar-refractivity contribution < 1.29 is 10.2 Å². The molecule has 1 unspecified atom stereocenters. The number of hydrogen-bond acceptors (Lipinski definition) is 3. The van der Waals surface area contributed by atoms with Crippen LogP contribution >= 0.6 is 0 Å². The Morgan fingerprint density at radius 2 is 2.30 bits per heavy atom. The summed E-state index contributed by atoms with van der Waals surface area (Å²) in [5, 5.41) is 20.7. The zero-order valence-corrected chi connectivity index (χ0v) is 6.30. The van der Waals surface area contributed by atoms with Crippen LogP contribution in [0.25, 0.3) is 0 Å². The van der Waals surface area contributed by atoms with Crippen LogP contribution in [0.5, 0.6) is 0 Å². The van der Waals surface area contributed by atoms with Crippen molar-refractivity contribution in [2.24, 2.45) is 0 Å². The van der Waals surface area contributed by atoms with Gasteiger partial charge < -0.3 is 15.5 Å². The predicted octanol–water partition coefficient (Wildman–Crippen LogP) is -0.495. The molecule has 0 bridgehead atoms. The van der Waals surface area contributed by atoms with Gasteiger partial charge in [0.15, 0.2) is 0 Å². The number of nitrogens with one attached hydrogen (secondary N) is 1. The maximum Gasteiger partial charge on any atom is 0.0972 e. The molecule has 0 aromatic rings. The maximum atomic E-state index is 9.20. The summed E-state index contributed by atoms with van der Waals surface area (Å²) in [5.74, 6) is 0. The van der Waals surface area contributed by atoms with Crippen molar-refractivity contribution in [3.63, 3.8) is 0 Å². The lowest BCUT2D eigenvalue weighted by Crippen LogP contribution is -2.40. The van der Waals surface area contributed by atoms with E-state index in [1.807, 2.05) is 0 Å². The van der Waals surface area contributed by atoms with Crippen molar-refractivity contribution in [2.75, 3.05) is 19.7 Å². The quantitative estimate of drug-likeness (QED) is 0.361. The average Bonchev–Trinajstić information content (AvgIpc) is 1.89. The summed E-state index contributed by atoms with van der Waals surface area (Å²) >= 11 is 0. The van der Waals surface area contributed by atoms with Crippen molar-refractivity contribution in [1.82, 2.24) is 5.32 Å². The molecule has 10 heavy (non-hydrogen) atoms. The molecule has 0 radical (unpaired) electrons. The fourth-order valence-electron chi connectivity index (χ4n) is 0.499. The molecule has 0 fully saturated rings. The highest BCUT2D eigenvalue weighted by Crippen LogP contribution is 1.97. The fourth-order valence-corrected chi connectivity index (χ4v) is 0.499. The monoisotopic (exact) mass is 145 g/mol. The molecule has 0 heterocycles. The minimum Gasteiger partial charge on any atom is -0.393 e. The molecule has 0 rings (SSSR count). The minimum atomic E-state index is -1.01. The van der Waals surface area contributed by atoms with E-state index in [4.69, 9.17) is 5.11 Å². The van der Waals surface area contributed by atoms with E-state index in [0.717, 1.165) is 0 Å². The highest BCUT2D eigenvalue weighted by Gasteiger charge is 2.16. The molecular weight excluding hydrogens is 130 g/mol. The molecule has 0 saturated heterocycles. The standard InChI is InChI=1S/C7H15NO2/c1-3-4-8-5-7(2,10)6-9/h3,8-10H,1,4-6H2,2H3. The first-order valence-corrected chi connectivity index (χ1v) is 3.27. The largest absolute Gasteiger partial charge is 0.393 e. The molecule has 3 nitrogen and oxygen atoms in total. The summed E-state index contributed by atoms with van der Waals surface area (Å²) in [7, 11) is 0. The highest BCUT2D eigenvalue weighted by molar-refractivity contribution is 4.77. The molecule has 0 spiro atoms. The number of rotatable bonds is 5. The van der Waals surface area contributed by atoms with Crippen LogP contribution < -0.4 is 5.32 Å². The van der Waals surface area contributed by atoms with Crippen molar-refractivity contribution in [3.8, 4) is 0 Å². The SMILES string of the molecule is C=CCNCC(C)(O)CO. The second-order valence-electron chi connectivity index (χ2n) is 2.57. The molecule has 0 aliphatic heterocycles. The van der Waals surface area contributed by atoms with Gasteiger partial charge in [-0.25, -0.2) is 0 Å². The van der Waals surface area contributed by atoms with Crippen LogP contribution in [0.4, 0.5) is 0 Å². The molecule has 0 amide bonds. The second kappa shape index (κ2) is 4.44. The van der Waals surface area contributed by atoms with Gasteiger partial charge in [-0.1, -0.05) is 6.08 Å². The molecule has 3 N–H and O–H groups in total. The summed E-state index contributed by atoms with van der Waals surface area (Å²) < 4.78 is 0. The summed E-state index contributed by atoms with van der Waals surface area (Å²) in [6.07, 6.45) is 1.70. The fraction of sp³-hybridized carbons (Fsp3) is 0.714. The van der Waals surface area contributed by atoms with E-state index in [2.05, 4.69) is 11.9 Å². The number of hydrogen-bond donors (Lipinski definition) is 3. The van der Waals surface area contributed by atoms with E-state index < -0.39 is 5.60 Å². The van der Waals surface area contributed by atoms with Gasteiger partial charge in [-0.2, -0.15) is 0 Å². The summed E-state index contributed by atoms with van der Waals surface area (Å²) in [4.78, 5) is 0. The zero-order chi connectivity index (χ0) is 8.04. The van der Waals surface area contributed by atoms with Gasteiger partial charge in [-0.3, -0.25) is 0 Å². The number of aliphatic hydroxyl groups is 2. The van der Waals surface area contributed by atoms with Crippen LogP contribution in [0.15, 0.2) is 12.7 Å². The Morgan fingerprint density at radius 1 is 1.70 bits per heavy atom. The molecule has 0 aliphatic carbocycles. The van der Waals surface area contributed by atoms with Crippen molar-refractivity contribution in [2.45, 2.75) is 12.5 Å². The lowest BCUT2D eigenvalue weighted by atomic mass is 10.1. The third kappa shape index (κ3) is 4.49. The molecule has 3 heteroatoms. The van der Waals surface area contributed by atoms with Gasteiger partial charge in [0.1, 0.15) is 0 Å². The molecule has 0 aromatic carbocycles. The van der Waals surface area contributed by atoms with Crippen molar-refractivity contribution >= 4 is 0 Å². The Hall–Kier alpha value is -0.380. The maximum absolute atomic E-state index is 9.20. The smallest absolute Gasteiger partial charge is 0.0972 e.